The number of hydrogen-bond donors (Lipinski definition) is 0. The molecular weight excluding hydrogens is 144 g/mol. The van der Waals surface area contributed by atoms with Crippen molar-refractivity contribution in [3.05, 3.63) is 24.3 Å². The second kappa shape index (κ2) is 4.49. The van der Waals surface area contributed by atoms with E-state index in [0.29, 0.717) is 5.41 Å². The molecule has 0 aromatic rings. The minimum atomic E-state index is 0.512. The minimum absolute atomic E-state index is 0.512. The van der Waals surface area contributed by atoms with Crippen LogP contribution in [-0.4, -0.2) is 0 Å². The zero-order valence-corrected chi connectivity index (χ0v) is 8.34. The molecule has 1 aliphatic carbocycles. The molecular formula is C12H20. The average Bonchev–Trinajstić information content (AvgIpc) is 2.07. The Morgan fingerprint density at radius 2 is 1.75 bits per heavy atom. The molecule has 0 bridgehead atoms. The molecule has 0 aliphatic heterocycles. The summed E-state index contributed by atoms with van der Waals surface area (Å²) in [6, 6.07) is 0. The van der Waals surface area contributed by atoms with E-state index in [9.17, 15) is 0 Å². The van der Waals surface area contributed by atoms with Crippen molar-refractivity contribution in [2.24, 2.45) is 5.41 Å². The molecule has 1 rings (SSSR count). The van der Waals surface area contributed by atoms with Gasteiger partial charge in [-0.15, -0.1) is 0 Å². The van der Waals surface area contributed by atoms with E-state index in [1.54, 1.807) is 0 Å². The first-order valence-corrected chi connectivity index (χ1v) is 5.17. The summed E-state index contributed by atoms with van der Waals surface area (Å²) in [6.07, 6.45) is 15.7. The van der Waals surface area contributed by atoms with Crippen LogP contribution in [0.4, 0.5) is 0 Å². The van der Waals surface area contributed by atoms with Gasteiger partial charge in [0.15, 0.2) is 0 Å². The molecule has 68 valence electrons. The van der Waals surface area contributed by atoms with Crippen molar-refractivity contribution in [2.45, 2.75) is 46.0 Å². The molecule has 0 N–H and O–H groups in total. The van der Waals surface area contributed by atoms with Crippen LogP contribution in [0.25, 0.3) is 0 Å². The molecule has 0 amide bonds. The van der Waals surface area contributed by atoms with Gasteiger partial charge in [0, 0.05) is 0 Å². The third kappa shape index (κ3) is 2.23. The van der Waals surface area contributed by atoms with E-state index in [-0.39, 0.29) is 0 Å². The summed E-state index contributed by atoms with van der Waals surface area (Å²) in [6.45, 7) is 4.56. The van der Waals surface area contributed by atoms with Gasteiger partial charge in [-0.25, -0.2) is 0 Å². The predicted octanol–water partition coefficient (Wildman–Crippen LogP) is 4.09. The Morgan fingerprint density at radius 1 is 1.08 bits per heavy atom. The Hall–Kier alpha value is -0.520. The van der Waals surface area contributed by atoms with Gasteiger partial charge in [-0.05, 0) is 24.7 Å². The topological polar surface area (TPSA) is 0 Å². The van der Waals surface area contributed by atoms with Crippen LogP contribution >= 0.6 is 0 Å². The molecule has 0 nitrogen and oxygen atoms in total. The number of rotatable bonds is 4. The van der Waals surface area contributed by atoms with E-state index >= 15 is 0 Å². The van der Waals surface area contributed by atoms with Crippen molar-refractivity contribution in [3.8, 4) is 0 Å². The molecule has 0 spiro atoms. The largest absolute Gasteiger partial charge is 0.0837 e. The molecule has 0 heteroatoms. The summed E-state index contributed by atoms with van der Waals surface area (Å²) in [5, 5.41) is 0. The van der Waals surface area contributed by atoms with Gasteiger partial charge in [0.05, 0.1) is 0 Å². The lowest BCUT2D eigenvalue weighted by Crippen LogP contribution is -2.17. The maximum absolute atomic E-state index is 2.42. The molecule has 12 heavy (non-hydrogen) atoms. The Balaban J connectivity index is 2.59. The SMILES string of the molecule is CCCC1(CCC)C=CC=CC1. The second-order valence-corrected chi connectivity index (χ2v) is 3.85. The summed E-state index contributed by atoms with van der Waals surface area (Å²) in [4.78, 5) is 0. The van der Waals surface area contributed by atoms with Crippen LogP contribution in [0, 0.1) is 5.41 Å². The first-order valence-electron chi connectivity index (χ1n) is 5.17. The number of allylic oxidation sites excluding steroid dienone is 4. The summed E-state index contributed by atoms with van der Waals surface area (Å²) in [5.74, 6) is 0. The Bertz CT molecular complexity index is 168. The molecule has 0 saturated carbocycles. The fraction of sp³-hybridized carbons (Fsp3) is 0.667. The van der Waals surface area contributed by atoms with Crippen molar-refractivity contribution >= 4 is 0 Å². The second-order valence-electron chi connectivity index (χ2n) is 3.85. The van der Waals surface area contributed by atoms with E-state index in [2.05, 4.69) is 38.2 Å². The molecule has 0 saturated heterocycles. The van der Waals surface area contributed by atoms with Crippen molar-refractivity contribution < 1.29 is 0 Å². The van der Waals surface area contributed by atoms with Gasteiger partial charge >= 0.3 is 0 Å². The first kappa shape index (κ1) is 9.57. The van der Waals surface area contributed by atoms with Crippen LogP contribution in [0.3, 0.4) is 0 Å². The molecule has 0 aromatic carbocycles. The van der Waals surface area contributed by atoms with E-state index in [4.69, 9.17) is 0 Å². The van der Waals surface area contributed by atoms with Crippen molar-refractivity contribution in [3.63, 3.8) is 0 Å². The third-order valence-electron chi connectivity index (χ3n) is 2.72. The highest BCUT2D eigenvalue weighted by Crippen LogP contribution is 2.37. The zero-order valence-electron chi connectivity index (χ0n) is 8.34. The lowest BCUT2D eigenvalue weighted by atomic mass is 9.74. The zero-order chi connectivity index (χ0) is 8.86. The highest BCUT2D eigenvalue weighted by molar-refractivity contribution is 5.16. The Morgan fingerprint density at radius 3 is 2.17 bits per heavy atom. The van der Waals surface area contributed by atoms with Gasteiger partial charge < -0.3 is 0 Å². The third-order valence-corrected chi connectivity index (χ3v) is 2.72. The lowest BCUT2D eigenvalue weighted by molar-refractivity contribution is 0.317. The fourth-order valence-electron chi connectivity index (χ4n) is 2.20. The lowest BCUT2D eigenvalue weighted by Gasteiger charge is -2.30. The standard InChI is InChI=1S/C12H20/c1-3-8-12(9-4-2)10-6-5-7-11-12/h5-7,10H,3-4,8-9,11H2,1-2H3. The van der Waals surface area contributed by atoms with Crippen LogP contribution in [0.2, 0.25) is 0 Å². The van der Waals surface area contributed by atoms with Crippen LogP contribution in [0.1, 0.15) is 46.0 Å². The van der Waals surface area contributed by atoms with E-state index in [0.717, 1.165) is 0 Å². The highest BCUT2D eigenvalue weighted by atomic mass is 14.3. The number of hydrogen-bond acceptors (Lipinski definition) is 0. The van der Waals surface area contributed by atoms with Crippen LogP contribution in [-0.2, 0) is 0 Å². The van der Waals surface area contributed by atoms with Gasteiger partial charge in [0.1, 0.15) is 0 Å². The normalized spacial score (nSPS) is 19.8. The Kier molecular flexibility index (Phi) is 3.58. The monoisotopic (exact) mass is 164 g/mol. The van der Waals surface area contributed by atoms with Crippen molar-refractivity contribution in [2.75, 3.05) is 0 Å². The van der Waals surface area contributed by atoms with Crippen LogP contribution in [0.5, 0.6) is 0 Å². The van der Waals surface area contributed by atoms with Gasteiger partial charge in [0.25, 0.3) is 0 Å². The molecule has 0 heterocycles. The van der Waals surface area contributed by atoms with Crippen LogP contribution in [0.15, 0.2) is 24.3 Å². The van der Waals surface area contributed by atoms with E-state index < -0.39 is 0 Å². The summed E-state index contributed by atoms with van der Waals surface area (Å²) in [7, 11) is 0. The summed E-state index contributed by atoms with van der Waals surface area (Å²) >= 11 is 0. The molecule has 0 radical (unpaired) electrons. The van der Waals surface area contributed by atoms with E-state index in [1.807, 2.05) is 0 Å². The quantitative estimate of drug-likeness (QED) is 0.587. The average molecular weight is 164 g/mol. The van der Waals surface area contributed by atoms with Gasteiger partial charge in [-0.1, -0.05) is 51.0 Å². The van der Waals surface area contributed by atoms with Crippen LogP contribution < -0.4 is 0 Å². The maximum atomic E-state index is 2.42. The Labute approximate surface area is 76.4 Å². The summed E-state index contributed by atoms with van der Waals surface area (Å²) < 4.78 is 0. The fourth-order valence-corrected chi connectivity index (χ4v) is 2.20. The molecule has 0 atom stereocenters. The highest BCUT2D eigenvalue weighted by Gasteiger charge is 2.24. The maximum Gasteiger partial charge on any atom is -0.00807 e. The van der Waals surface area contributed by atoms with Crippen molar-refractivity contribution in [1.29, 1.82) is 0 Å². The van der Waals surface area contributed by atoms with Gasteiger partial charge in [-0.2, -0.15) is 0 Å². The molecule has 0 unspecified atom stereocenters. The van der Waals surface area contributed by atoms with E-state index in [1.165, 1.54) is 32.1 Å². The first-order chi connectivity index (χ1) is 5.83. The van der Waals surface area contributed by atoms with Gasteiger partial charge in [0.2, 0.25) is 0 Å². The van der Waals surface area contributed by atoms with Crippen molar-refractivity contribution in [1.82, 2.24) is 0 Å². The van der Waals surface area contributed by atoms with Gasteiger partial charge in [-0.3, -0.25) is 0 Å². The molecule has 0 aromatic heterocycles. The predicted molar refractivity (Wildman–Crippen MR) is 55.1 cm³/mol. The summed E-state index contributed by atoms with van der Waals surface area (Å²) in [5.41, 5.74) is 0.512. The smallest absolute Gasteiger partial charge is 0.00807 e. The molecule has 0 fully saturated rings. The molecule has 1 aliphatic rings. The minimum Gasteiger partial charge on any atom is -0.0837 e.